The van der Waals surface area contributed by atoms with Gasteiger partial charge in [0.25, 0.3) is 0 Å². The van der Waals surface area contributed by atoms with Gasteiger partial charge in [0.2, 0.25) is 0 Å². The zero-order valence-electron chi connectivity index (χ0n) is 11.3. The van der Waals surface area contributed by atoms with Crippen LogP contribution in [0.5, 0.6) is 0 Å². The summed E-state index contributed by atoms with van der Waals surface area (Å²) >= 11 is 1.57. The van der Waals surface area contributed by atoms with Crippen molar-refractivity contribution >= 4 is 23.4 Å². The molecular weight excluding hydrogens is 260 g/mol. The quantitative estimate of drug-likeness (QED) is 0.812. The molecule has 2 rings (SSSR count). The number of aromatic carboxylic acids is 1. The van der Waals surface area contributed by atoms with E-state index in [9.17, 15) is 9.90 Å². The van der Waals surface area contributed by atoms with E-state index in [-0.39, 0.29) is 0 Å². The van der Waals surface area contributed by atoms with E-state index in [0.29, 0.717) is 11.6 Å². The first kappa shape index (κ1) is 14.2. The van der Waals surface area contributed by atoms with E-state index in [1.807, 2.05) is 25.1 Å². The Kier molecular flexibility index (Phi) is 4.71. The third-order valence-electron chi connectivity index (χ3n) is 3.29. The zero-order valence-corrected chi connectivity index (χ0v) is 12.2. The van der Waals surface area contributed by atoms with Crippen molar-refractivity contribution in [3.05, 3.63) is 23.8 Å². The molecule has 0 saturated carbocycles. The zero-order chi connectivity index (χ0) is 13.8. The summed E-state index contributed by atoms with van der Waals surface area (Å²) in [4.78, 5) is 14.6. The monoisotopic (exact) mass is 280 g/mol. The van der Waals surface area contributed by atoms with Gasteiger partial charge in [-0.1, -0.05) is 13.0 Å². The number of carboxylic acids is 1. The predicted molar refractivity (Wildman–Crippen MR) is 79.3 cm³/mol. The van der Waals surface area contributed by atoms with Gasteiger partial charge >= 0.3 is 5.97 Å². The van der Waals surface area contributed by atoms with Gasteiger partial charge in [0, 0.05) is 17.5 Å². The van der Waals surface area contributed by atoms with Crippen molar-refractivity contribution in [1.29, 1.82) is 0 Å². The van der Waals surface area contributed by atoms with Crippen molar-refractivity contribution in [2.45, 2.75) is 24.3 Å². The van der Waals surface area contributed by atoms with Crippen LogP contribution >= 0.6 is 11.8 Å². The number of hydrogen-bond donors (Lipinski definition) is 2. The average Bonchev–Trinajstić information content (AvgIpc) is 2.75. The summed E-state index contributed by atoms with van der Waals surface area (Å²) < 4.78 is 0. The van der Waals surface area contributed by atoms with E-state index < -0.39 is 5.97 Å². The lowest BCUT2D eigenvalue weighted by molar-refractivity contribution is 0.0694. The highest BCUT2D eigenvalue weighted by atomic mass is 32.2. The Labute approximate surface area is 118 Å². The third kappa shape index (κ3) is 3.42. The fourth-order valence-corrected chi connectivity index (χ4v) is 3.25. The van der Waals surface area contributed by atoms with E-state index in [2.05, 4.69) is 17.3 Å². The van der Waals surface area contributed by atoms with Crippen molar-refractivity contribution in [1.82, 2.24) is 4.90 Å². The molecule has 0 bridgehead atoms. The van der Waals surface area contributed by atoms with Gasteiger partial charge in [0.15, 0.2) is 0 Å². The summed E-state index contributed by atoms with van der Waals surface area (Å²) in [5, 5.41) is 12.8. The van der Waals surface area contributed by atoms with Crippen molar-refractivity contribution in [2.24, 2.45) is 0 Å². The summed E-state index contributed by atoms with van der Waals surface area (Å²) in [5.74, 6) is 0.0148. The lowest BCUT2D eigenvalue weighted by Gasteiger charge is -2.17. The number of benzene rings is 1. The molecule has 1 aliphatic rings. The number of anilines is 1. The van der Waals surface area contributed by atoms with Crippen LogP contribution in [0.2, 0.25) is 0 Å². The fourth-order valence-electron chi connectivity index (χ4n) is 2.42. The summed E-state index contributed by atoms with van der Waals surface area (Å²) in [5.41, 5.74) is 1.15. The first-order valence-corrected chi connectivity index (χ1v) is 7.54. The van der Waals surface area contributed by atoms with E-state index in [1.54, 1.807) is 11.8 Å². The molecular formula is C14H20N2O2S. The van der Waals surface area contributed by atoms with E-state index in [1.165, 1.54) is 0 Å². The average molecular weight is 280 g/mol. The van der Waals surface area contributed by atoms with Crippen LogP contribution in [0.3, 0.4) is 0 Å². The maximum atomic E-state index is 11.5. The smallest absolute Gasteiger partial charge is 0.338 e. The Balaban J connectivity index is 2.23. The molecule has 1 unspecified atom stereocenters. The number of rotatable bonds is 5. The number of nitrogens with one attached hydrogen (secondary N) is 1. The first-order chi connectivity index (χ1) is 9.11. The number of likely N-dealkylation sites (N-methyl/N-ethyl adjacent to an activating group) is 1. The number of likely N-dealkylation sites (tertiary alicyclic amines) is 1. The molecule has 2 N–H and O–H groups in total. The van der Waals surface area contributed by atoms with E-state index in [0.717, 1.165) is 35.8 Å². The van der Waals surface area contributed by atoms with Crippen LogP contribution in [0.25, 0.3) is 0 Å². The number of carbonyl (C=O) groups is 1. The molecule has 1 fully saturated rings. The highest BCUT2D eigenvalue weighted by Gasteiger charge is 2.22. The predicted octanol–water partition coefficient (Wildman–Crippen LogP) is 2.61. The Bertz CT molecular complexity index is 465. The highest BCUT2D eigenvalue weighted by molar-refractivity contribution is 7.99. The minimum absolute atomic E-state index is 0.338. The standard InChI is InChI=1S/C14H20N2O2S/c1-3-19-12-6-4-5-11(13(12)14(17)18)15-10-7-8-16(2)9-10/h4-6,10,15H,3,7-9H2,1-2H3,(H,17,18). The Morgan fingerprint density at radius 2 is 2.37 bits per heavy atom. The number of nitrogens with zero attached hydrogens (tertiary/aromatic N) is 1. The summed E-state index contributed by atoms with van der Waals surface area (Å²) in [6.45, 7) is 4.05. The van der Waals surface area contributed by atoms with Crippen molar-refractivity contribution in [2.75, 3.05) is 31.2 Å². The van der Waals surface area contributed by atoms with Crippen LogP contribution in [-0.2, 0) is 0 Å². The Morgan fingerprint density at radius 3 is 2.95 bits per heavy atom. The summed E-state index contributed by atoms with van der Waals surface area (Å²) in [6, 6.07) is 6.00. The van der Waals surface area contributed by atoms with Crippen LogP contribution in [0, 0.1) is 0 Å². The maximum absolute atomic E-state index is 11.5. The van der Waals surface area contributed by atoms with Gasteiger partial charge in [-0.2, -0.15) is 0 Å². The number of hydrogen-bond acceptors (Lipinski definition) is 4. The molecule has 4 nitrogen and oxygen atoms in total. The second-order valence-electron chi connectivity index (χ2n) is 4.81. The van der Waals surface area contributed by atoms with Crippen LogP contribution in [-0.4, -0.2) is 47.9 Å². The van der Waals surface area contributed by atoms with E-state index in [4.69, 9.17) is 0 Å². The van der Waals surface area contributed by atoms with Gasteiger partial charge in [-0.3, -0.25) is 0 Å². The molecule has 5 heteroatoms. The second kappa shape index (κ2) is 6.30. The normalized spacial score (nSPS) is 19.6. The topological polar surface area (TPSA) is 52.6 Å². The SMILES string of the molecule is CCSc1cccc(NC2CCN(C)C2)c1C(=O)O. The summed E-state index contributed by atoms with van der Waals surface area (Å²) in [7, 11) is 2.09. The van der Waals surface area contributed by atoms with Crippen molar-refractivity contribution in [3.8, 4) is 0 Å². The van der Waals surface area contributed by atoms with Crippen molar-refractivity contribution < 1.29 is 9.90 Å². The van der Waals surface area contributed by atoms with Gasteiger partial charge in [-0.15, -0.1) is 11.8 Å². The minimum atomic E-state index is -0.856. The lowest BCUT2D eigenvalue weighted by atomic mass is 10.1. The lowest BCUT2D eigenvalue weighted by Crippen LogP contribution is -2.24. The molecule has 1 aliphatic heterocycles. The largest absolute Gasteiger partial charge is 0.478 e. The van der Waals surface area contributed by atoms with Gasteiger partial charge in [-0.05, 0) is 37.9 Å². The Hall–Kier alpha value is -1.20. The van der Waals surface area contributed by atoms with Gasteiger partial charge < -0.3 is 15.3 Å². The molecule has 1 atom stereocenters. The van der Waals surface area contributed by atoms with E-state index >= 15 is 0 Å². The van der Waals surface area contributed by atoms with Crippen molar-refractivity contribution in [3.63, 3.8) is 0 Å². The molecule has 0 aromatic heterocycles. The number of carboxylic acid groups (broad SMARTS) is 1. The molecule has 0 aliphatic carbocycles. The molecule has 1 saturated heterocycles. The second-order valence-corrected chi connectivity index (χ2v) is 6.11. The molecule has 1 aromatic carbocycles. The molecule has 1 heterocycles. The molecule has 19 heavy (non-hydrogen) atoms. The summed E-state index contributed by atoms with van der Waals surface area (Å²) in [6.07, 6.45) is 1.06. The number of thioether (sulfide) groups is 1. The van der Waals surface area contributed by atoms with Crippen LogP contribution in [0.4, 0.5) is 5.69 Å². The molecule has 0 amide bonds. The maximum Gasteiger partial charge on any atom is 0.338 e. The van der Waals surface area contributed by atoms with Gasteiger partial charge in [0.1, 0.15) is 0 Å². The minimum Gasteiger partial charge on any atom is -0.478 e. The van der Waals surface area contributed by atoms with Crippen LogP contribution in [0.1, 0.15) is 23.7 Å². The molecule has 0 spiro atoms. The van der Waals surface area contributed by atoms with Gasteiger partial charge in [-0.25, -0.2) is 4.79 Å². The highest BCUT2D eigenvalue weighted by Crippen LogP contribution is 2.29. The molecule has 0 radical (unpaired) electrons. The molecule has 1 aromatic rings. The van der Waals surface area contributed by atoms with Crippen LogP contribution in [0.15, 0.2) is 23.1 Å². The van der Waals surface area contributed by atoms with Crippen LogP contribution < -0.4 is 5.32 Å². The first-order valence-electron chi connectivity index (χ1n) is 6.56. The third-order valence-corrected chi connectivity index (χ3v) is 4.23. The Morgan fingerprint density at radius 1 is 1.58 bits per heavy atom. The molecule has 104 valence electrons. The van der Waals surface area contributed by atoms with Gasteiger partial charge in [0.05, 0.1) is 11.3 Å². The fraction of sp³-hybridized carbons (Fsp3) is 0.500.